The Morgan fingerprint density at radius 1 is 1.41 bits per heavy atom. The van der Waals surface area contributed by atoms with Crippen LogP contribution in [0.4, 0.5) is 5.69 Å². The van der Waals surface area contributed by atoms with Crippen LogP contribution < -0.4 is 10.6 Å². The number of carbonyl (C=O) groups excluding carboxylic acids is 2. The monoisotopic (exact) mass is 468 g/mol. The Balaban J connectivity index is 0.00000300. The molecule has 2 atom stereocenters. The van der Waals surface area contributed by atoms with E-state index in [1.54, 1.807) is 12.1 Å². The first-order valence-electron chi connectivity index (χ1n) is 9.34. The number of anilines is 1. The molecular formula is C21H25N5O2Y-2. The van der Waals surface area contributed by atoms with Crippen LogP contribution >= 0.6 is 0 Å². The average Bonchev–Trinajstić information content (AvgIpc) is 3.12. The zero-order valence-corrected chi connectivity index (χ0v) is 19.9. The Morgan fingerprint density at radius 2 is 2.17 bits per heavy atom. The average molecular weight is 468 g/mol. The van der Waals surface area contributed by atoms with Gasteiger partial charge in [0.2, 0.25) is 5.91 Å². The second-order valence-electron chi connectivity index (χ2n) is 8.10. The van der Waals surface area contributed by atoms with Crippen molar-refractivity contribution < 1.29 is 42.3 Å². The molecule has 0 aliphatic carbocycles. The van der Waals surface area contributed by atoms with Crippen molar-refractivity contribution in [3.8, 4) is 0 Å². The summed E-state index contributed by atoms with van der Waals surface area (Å²) in [5.41, 5.74) is 2.53. The number of benzene rings is 1. The molecular weight excluding hydrogens is 443 g/mol. The summed E-state index contributed by atoms with van der Waals surface area (Å²) in [6.07, 6.45) is 3.16. The molecule has 2 N–H and O–H groups in total. The molecule has 2 unspecified atom stereocenters. The van der Waals surface area contributed by atoms with E-state index in [2.05, 4.69) is 59.6 Å². The number of piperidine rings is 1. The van der Waals surface area contributed by atoms with Gasteiger partial charge in [-0.2, -0.15) is 10.2 Å². The number of hydrogen-bond acceptors (Lipinski definition) is 5. The first kappa shape index (κ1) is 23.4. The van der Waals surface area contributed by atoms with E-state index in [-0.39, 0.29) is 50.1 Å². The summed E-state index contributed by atoms with van der Waals surface area (Å²) < 4.78 is 0. The molecule has 2 aliphatic rings. The summed E-state index contributed by atoms with van der Waals surface area (Å²) in [6.45, 7) is 10.6. The molecule has 2 heterocycles. The second-order valence-corrected chi connectivity index (χ2v) is 8.10. The summed E-state index contributed by atoms with van der Waals surface area (Å²) in [4.78, 5) is 24.4. The Kier molecular flexibility index (Phi) is 7.89. The molecule has 0 spiro atoms. The van der Waals surface area contributed by atoms with Gasteiger partial charge in [-0.25, -0.2) is 0 Å². The van der Waals surface area contributed by atoms with Gasteiger partial charge in [-0.15, -0.1) is 29.8 Å². The van der Waals surface area contributed by atoms with E-state index in [1.807, 2.05) is 12.1 Å². The third kappa shape index (κ3) is 6.31. The third-order valence-electron chi connectivity index (χ3n) is 4.63. The van der Waals surface area contributed by atoms with E-state index < -0.39 is 11.9 Å². The number of azo groups is 1. The van der Waals surface area contributed by atoms with Crippen molar-refractivity contribution in [1.29, 1.82) is 0 Å². The molecule has 3 rings (SSSR count). The Hall–Kier alpha value is -1.86. The van der Waals surface area contributed by atoms with Crippen LogP contribution in [0.3, 0.4) is 0 Å². The first-order chi connectivity index (χ1) is 13.2. The molecule has 1 saturated heterocycles. The van der Waals surface area contributed by atoms with Crippen molar-refractivity contribution in [1.82, 2.24) is 5.32 Å². The summed E-state index contributed by atoms with van der Waals surface area (Å²) in [7, 11) is 0. The molecule has 29 heavy (non-hydrogen) atoms. The smallest absolute Gasteiger partial charge is 0.209 e. The van der Waals surface area contributed by atoms with Gasteiger partial charge < -0.3 is 20.7 Å². The molecule has 0 bridgehead atoms. The first-order valence-corrected chi connectivity index (χ1v) is 9.34. The molecule has 151 valence electrons. The van der Waals surface area contributed by atoms with Gasteiger partial charge in [0.1, 0.15) is 0 Å². The van der Waals surface area contributed by atoms with Crippen LogP contribution in [0.2, 0.25) is 0 Å². The Morgan fingerprint density at radius 3 is 2.83 bits per heavy atom. The van der Waals surface area contributed by atoms with E-state index in [0.717, 1.165) is 5.70 Å². The summed E-state index contributed by atoms with van der Waals surface area (Å²) >= 11 is 0. The minimum Gasteiger partial charge on any atom is -0.684 e. The molecule has 0 aromatic heterocycles. The van der Waals surface area contributed by atoms with E-state index in [9.17, 15) is 9.59 Å². The fourth-order valence-electron chi connectivity index (χ4n) is 2.88. The SMILES string of the molecule is C=C1CCC([N-]C(=O)c2[c-]c(NCC3=CC(C(C)(C)C)N=N3)ccc2)C(=O)N1.[Y]. The Bertz CT molecular complexity index is 857. The number of nitrogens with one attached hydrogen (secondary N) is 2. The minimum atomic E-state index is -0.679. The number of amides is 2. The fraction of sp³-hybridized carbons (Fsp3) is 0.429. The number of hydrogen-bond donors (Lipinski definition) is 2. The quantitative estimate of drug-likeness (QED) is 0.640. The molecule has 2 aliphatic heterocycles. The van der Waals surface area contributed by atoms with Gasteiger partial charge in [0.25, 0.3) is 0 Å². The van der Waals surface area contributed by atoms with Crippen LogP contribution in [0.15, 0.2) is 52.5 Å². The van der Waals surface area contributed by atoms with Gasteiger partial charge in [0.15, 0.2) is 0 Å². The van der Waals surface area contributed by atoms with E-state index in [4.69, 9.17) is 0 Å². The standard InChI is InChI=1S/C21H26N5O2.Y/c1-13-8-9-17(20(28)23-13)24-19(27)14-6-5-7-15(10-14)22-12-16-11-18(26-25-16)21(2,3)4;/h5-7,11,17-18,22H,1,8-9,12H2,2-4H3,(H2,23,24,27,28);/q-1;/p-1. The predicted molar refractivity (Wildman–Crippen MR) is 108 cm³/mol. The maximum absolute atomic E-state index is 12.4. The van der Waals surface area contributed by atoms with Crippen molar-refractivity contribution in [3.05, 3.63) is 59.2 Å². The van der Waals surface area contributed by atoms with Crippen LogP contribution in [0.25, 0.3) is 5.32 Å². The maximum atomic E-state index is 12.4. The van der Waals surface area contributed by atoms with Gasteiger partial charge >= 0.3 is 0 Å². The van der Waals surface area contributed by atoms with Crippen molar-refractivity contribution in [2.75, 3.05) is 11.9 Å². The van der Waals surface area contributed by atoms with Crippen molar-refractivity contribution >= 4 is 17.5 Å². The van der Waals surface area contributed by atoms with Crippen molar-refractivity contribution in [2.45, 2.75) is 45.7 Å². The summed E-state index contributed by atoms with van der Waals surface area (Å²) in [5.74, 6) is -0.741. The molecule has 0 saturated carbocycles. The number of rotatable bonds is 5. The largest absolute Gasteiger partial charge is 0.684 e. The Labute approximate surface area is 196 Å². The molecule has 2 amide bonds. The minimum absolute atomic E-state index is 0. The third-order valence-corrected chi connectivity index (χ3v) is 4.63. The van der Waals surface area contributed by atoms with Gasteiger partial charge in [0, 0.05) is 38.4 Å². The van der Waals surface area contributed by atoms with Gasteiger partial charge in [-0.3, -0.25) is 4.79 Å². The molecule has 1 aromatic rings. The van der Waals surface area contributed by atoms with Crippen LogP contribution in [0, 0.1) is 11.5 Å². The molecule has 7 nitrogen and oxygen atoms in total. The zero-order valence-electron chi connectivity index (χ0n) is 17.0. The number of carbonyl (C=O) groups is 2. The van der Waals surface area contributed by atoms with Crippen LogP contribution in [0.1, 0.15) is 44.0 Å². The van der Waals surface area contributed by atoms with Gasteiger partial charge in [-0.05, 0) is 29.9 Å². The molecule has 1 aromatic carbocycles. The normalized spacial score (nSPS) is 21.1. The van der Waals surface area contributed by atoms with E-state index in [1.165, 1.54) is 0 Å². The van der Waals surface area contributed by atoms with Crippen LogP contribution in [0.5, 0.6) is 0 Å². The summed E-state index contributed by atoms with van der Waals surface area (Å²) in [6, 6.07) is 7.63. The fourth-order valence-corrected chi connectivity index (χ4v) is 2.88. The predicted octanol–water partition coefficient (Wildman–Crippen LogP) is 3.97. The topological polar surface area (TPSA) is 97.0 Å². The zero-order chi connectivity index (χ0) is 20.3. The number of allylic oxidation sites excluding steroid dienone is 1. The molecule has 1 fully saturated rings. The maximum Gasteiger partial charge on any atom is 0.209 e. The number of nitrogens with zero attached hydrogens (tertiary/aromatic N) is 3. The van der Waals surface area contributed by atoms with Crippen LogP contribution in [-0.4, -0.2) is 30.4 Å². The van der Waals surface area contributed by atoms with Crippen molar-refractivity contribution in [3.63, 3.8) is 0 Å². The van der Waals surface area contributed by atoms with Gasteiger partial charge in [0.05, 0.1) is 18.3 Å². The van der Waals surface area contributed by atoms with E-state index >= 15 is 0 Å². The van der Waals surface area contributed by atoms with Crippen LogP contribution in [-0.2, 0) is 37.5 Å². The van der Waals surface area contributed by atoms with Crippen molar-refractivity contribution in [2.24, 2.45) is 15.6 Å². The summed E-state index contributed by atoms with van der Waals surface area (Å²) in [5, 5.41) is 18.4. The molecule has 8 heteroatoms. The second kappa shape index (κ2) is 9.76. The molecule has 1 radical (unpaired) electrons. The van der Waals surface area contributed by atoms with E-state index in [0.29, 0.717) is 36.3 Å². The van der Waals surface area contributed by atoms with Gasteiger partial charge in [-0.1, -0.05) is 39.5 Å².